The average molecular weight is 581 g/mol. The molecular formula is C35H64O6. The molecule has 6 nitrogen and oxygen atoms in total. The van der Waals surface area contributed by atoms with Gasteiger partial charge in [0.25, 0.3) is 0 Å². The summed E-state index contributed by atoms with van der Waals surface area (Å²) >= 11 is 0. The van der Waals surface area contributed by atoms with Gasteiger partial charge in [0.05, 0.1) is 0 Å². The molecule has 0 bridgehead atoms. The Balaban J connectivity index is 4.31. The van der Waals surface area contributed by atoms with Crippen LogP contribution in [0.25, 0.3) is 0 Å². The Kier molecular flexibility index (Phi) is 29.7. The summed E-state index contributed by atoms with van der Waals surface area (Å²) in [7, 11) is 0. The van der Waals surface area contributed by atoms with Crippen LogP contribution < -0.4 is 0 Å². The molecular weight excluding hydrogens is 516 g/mol. The molecule has 0 saturated heterocycles. The van der Waals surface area contributed by atoms with Gasteiger partial charge in [-0.15, -0.1) is 0 Å². The number of unbranched alkanes of at least 4 members (excludes halogenated alkanes) is 17. The number of hydrogen-bond acceptors (Lipinski definition) is 6. The average Bonchev–Trinajstić information content (AvgIpc) is 2.96. The standard InChI is InChI=1S/C35H64O6/c1-4-7-10-13-16-17-18-19-20-23-25-28-34(37)40-31-32(41-35(38)29-26-22-15-12-9-6-3)30-39-33(36)27-24-21-14-11-8-5-2/h13,16,32H,4-12,14-15,17-31H2,1-3H3/b16-13-. The predicted octanol–water partition coefficient (Wildman–Crippen LogP) is 9.96. The largest absolute Gasteiger partial charge is 0.462 e. The van der Waals surface area contributed by atoms with Gasteiger partial charge >= 0.3 is 17.9 Å². The molecule has 1 atom stereocenters. The molecule has 0 aliphatic heterocycles. The van der Waals surface area contributed by atoms with Crippen LogP contribution in [0.15, 0.2) is 12.2 Å². The Morgan fingerprint density at radius 3 is 1.29 bits per heavy atom. The molecule has 0 spiro atoms. The van der Waals surface area contributed by atoms with Crippen LogP contribution >= 0.6 is 0 Å². The van der Waals surface area contributed by atoms with Crippen LogP contribution in [-0.2, 0) is 28.6 Å². The Labute approximate surface area is 252 Å². The molecule has 41 heavy (non-hydrogen) atoms. The highest BCUT2D eigenvalue weighted by molar-refractivity contribution is 5.71. The third-order valence-electron chi connectivity index (χ3n) is 7.27. The van der Waals surface area contributed by atoms with E-state index in [2.05, 4.69) is 32.9 Å². The van der Waals surface area contributed by atoms with E-state index in [-0.39, 0.29) is 31.1 Å². The number of carbonyl (C=O) groups is 3. The molecule has 0 aromatic heterocycles. The summed E-state index contributed by atoms with van der Waals surface area (Å²) in [5, 5.41) is 0. The summed E-state index contributed by atoms with van der Waals surface area (Å²) in [5.74, 6) is -0.909. The maximum absolute atomic E-state index is 12.4. The Bertz CT molecular complexity index is 645. The molecule has 240 valence electrons. The highest BCUT2D eigenvalue weighted by Crippen LogP contribution is 2.12. The second-order valence-electron chi connectivity index (χ2n) is 11.4. The van der Waals surface area contributed by atoms with Gasteiger partial charge in [0.2, 0.25) is 0 Å². The second-order valence-corrected chi connectivity index (χ2v) is 11.4. The van der Waals surface area contributed by atoms with Crippen LogP contribution in [0.3, 0.4) is 0 Å². The van der Waals surface area contributed by atoms with Gasteiger partial charge in [0.15, 0.2) is 6.10 Å². The van der Waals surface area contributed by atoms with Crippen molar-refractivity contribution in [3.8, 4) is 0 Å². The minimum absolute atomic E-state index is 0.0723. The van der Waals surface area contributed by atoms with Gasteiger partial charge in [-0.05, 0) is 38.5 Å². The van der Waals surface area contributed by atoms with Crippen molar-refractivity contribution in [3.63, 3.8) is 0 Å². The molecule has 0 aromatic carbocycles. The fourth-order valence-electron chi connectivity index (χ4n) is 4.60. The molecule has 0 aliphatic carbocycles. The van der Waals surface area contributed by atoms with Crippen LogP contribution in [-0.4, -0.2) is 37.2 Å². The van der Waals surface area contributed by atoms with Crippen LogP contribution in [0.2, 0.25) is 0 Å². The van der Waals surface area contributed by atoms with E-state index in [0.29, 0.717) is 19.3 Å². The Morgan fingerprint density at radius 1 is 0.463 bits per heavy atom. The smallest absolute Gasteiger partial charge is 0.306 e. The molecule has 1 unspecified atom stereocenters. The Morgan fingerprint density at radius 2 is 0.829 bits per heavy atom. The summed E-state index contributed by atoms with van der Waals surface area (Å²) in [6.07, 6.45) is 28.0. The summed E-state index contributed by atoms with van der Waals surface area (Å²) in [6, 6.07) is 0. The third-order valence-corrected chi connectivity index (χ3v) is 7.27. The van der Waals surface area contributed by atoms with Crippen molar-refractivity contribution in [3.05, 3.63) is 12.2 Å². The molecule has 6 heteroatoms. The van der Waals surface area contributed by atoms with Crippen molar-refractivity contribution >= 4 is 17.9 Å². The first-order valence-electron chi connectivity index (χ1n) is 17.2. The van der Waals surface area contributed by atoms with E-state index in [0.717, 1.165) is 64.2 Å². The van der Waals surface area contributed by atoms with Gasteiger partial charge in [-0.2, -0.15) is 0 Å². The second kappa shape index (κ2) is 31.1. The molecule has 0 amide bonds. The van der Waals surface area contributed by atoms with Gasteiger partial charge in [-0.1, -0.05) is 129 Å². The minimum Gasteiger partial charge on any atom is -0.462 e. The number of rotatable bonds is 30. The number of esters is 3. The molecule has 0 aromatic rings. The lowest BCUT2D eigenvalue weighted by molar-refractivity contribution is -0.167. The third kappa shape index (κ3) is 29.4. The highest BCUT2D eigenvalue weighted by Gasteiger charge is 2.19. The van der Waals surface area contributed by atoms with Crippen LogP contribution in [0.4, 0.5) is 0 Å². The SMILES string of the molecule is CCCC/C=C\CCCCCCCC(=O)OCC(COC(=O)CCCCCCCC)OC(=O)CCCCCCCC. The first-order chi connectivity index (χ1) is 20.0. The van der Waals surface area contributed by atoms with Gasteiger partial charge in [-0.3, -0.25) is 14.4 Å². The van der Waals surface area contributed by atoms with Gasteiger partial charge in [0.1, 0.15) is 13.2 Å². The van der Waals surface area contributed by atoms with E-state index in [1.807, 2.05) is 0 Å². The molecule has 0 fully saturated rings. The predicted molar refractivity (Wildman–Crippen MR) is 169 cm³/mol. The van der Waals surface area contributed by atoms with E-state index in [1.165, 1.54) is 70.6 Å². The number of carbonyl (C=O) groups excluding carboxylic acids is 3. The van der Waals surface area contributed by atoms with Crippen molar-refractivity contribution in [1.29, 1.82) is 0 Å². The summed E-state index contributed by atoms with van der Waals surface area (Å²) in [4.78, 5) is 36.9. The molecule has 0 aliphatic rings. The van der Waals surface area contributed by atoms with Crippen LogP contribution in [0.5, 0.6) is 0 Å². The summed E-state index contributed by atoms with van der Waals surface area (Å²) in [6.45, 7) is 6.43. The molecule has 0 saturated carbocycles. The van der Waals surface area contributed by atoms with Gasteiger partial charge in [0, 0.05) is 19.3 Å². The topological polar surface area (TPSA) is 78.9 Å². The maximum atomic E-state index is 12.4. The van der Waals surface area contributed by atoms with E-state index in [4.69, 9.17) is 14.2 Å². The molecule has 0 radical (unpaired) electrons. The van der Waals surface area contributed by atoms with E-state index in [9.17, 15) is 14.4 Å². The van der Waals surface area contributed by atoms with Crippen LogP contribution in [0, 0.1) is 0 Å². The maximum Gasteiger partial charge on any atom is 0.306 e. The van der Waals surface area contributed by atoms with E-state index >= 15 is 0 Å². The van der Waals surface area contributed by atoms with Crippen molar-refractivity contribution < 1.29 is 28.6 Å². The Hall–Kier alpha value is -1.85. The highest BCUT2D eigenvalue weighted by atomic mass is 16.6. The van der Waals surface area contributed by atoms with Crippen molar-refractivity contribution in [2.75, 3.05) is 13.2 Å². The zero-order valence-corrected chi connectivity index (χ0v) is 27.1. The molecule has 0 heterocycles. The summed E-state index contributed by atoms with van der Waals surface area (Å²) < 4.78 is 16.4. The lowest BCUT2D eigenvalue weighted by Crippen LogP contribution is -2.30. The number of hydrogen-bond donors (Lipinski definition) is 0. The van der Waals surface area contributed by atoms with E-state index < -0.39 is 6.10 Å². The zero-order chi connectivity index (χ0) is 30.2. The first-order valence-corrected chi connectivity index (χ1v) is 17.2. The zero-order valence-electron chi connectivity index (χ0n) is 27.1. The lowest BCUT2D eigenvalue weighted by Gasteiger charge is -2.18. The monoisotopic (exact) mass is 580 g/mol. The first kappa shape index (κ1) is 39.1. The lowest BCUT2D eigenvalue weighted by atomic mass is 10.1. The van der Waals surface area contributed by atoms with Crippen molar-refractivity contribution in [2.24, 2.45) is 0 Å². The van der Waals surface area contributed by atoms with Crippen molar-refractivity contribution in [1.82, 2.24) is 0 Å². The fourth-order valence-corrected chi connectivity index (χ4v) is 4.60. The minimum atomic E-state index is -0.759. The number of ether oxygens (including phenoxy) is 3. The van der Waals surface area contributed by atoms with Gasteiger partial charge in [-0.25, -0.2) is 0 Å². The molecule has 0 rings (SSSR count). The molecule has 0 N–H and O–H groups in total. The van der Waals surface area contributed by atoms with Crippen molar-refractivity contribution in [2.45, 2.75) is 181 Å². The quantitative estimate of drug-likeness (QED) is 0.0364. The number of allylic oxidation sites excluding steroid dienone is 2. The van der Waals surface area contributed by atoms with Crippen LogP contribution in [0.1, 0.15) is 175 Å². The fraction of sp³-hybridized carbons (Fsp3) is 0.857. The van der Waals surface area contributed by atoms with E-state index in [1.54, 1.807) is 0 Å². The normalized spacial score (nSPS) is 12.0. The van der Waals surface area contributed by atoms with Gasteiger partial charge < -0.3 is 14.2 Å². The summed E-state index contributed by atoms with van der Waals surface area (Å²) in [5.41, 5.74) is 0.